The summed E-state index contributed by atoms with van der Waals surface area (Å²) < 4.78 is 19.0. The lowest BCUT2D eigenvalue weighted by atomic mass is 9.97. The van der Waals surface area contributed by atoms with Gasteiger partial charge in [0.2, 0.25) is 0 Å². The molecule has 0 spiro atoms. The Kier molecular flexibility index (Phi) is 7.65. The van der Waals surface area contributed by atoms with Crippen molar-refractivity contribution in [3.05, 3.63) is 114 Å². The van der Waals surface area contributed by atoms with Crippen molar-refractivity contribution in [2.75, 3.05) is 16.8 Å². The van der Waals surface area contributed by atoms with Gasteiger partial charge in [-0.2, -0.15) is 0 Å². The lowest BCUT2D eigenvalue weighted by molar-refractivity contribution is -0.117. The van der Waals surface area contributed by atoms with E-state index in [1.54, 1.807) is 30.3 Å². The van der Waals surface area contributed by atoms with E-state index >= 15 is 0 Å². The zero-order chi connectivity index (χ0) is 25.5. The molecular formula is C28H25FN4O3. The zero-order valence-corrected chi connectivity index (χ0v) is 19.9. The van der Waals surface area contributed by atoms with Crippen LogP contribution in [0.4, 0.5) is 15.8 Å². The molecule has 0 aliphatic rings. The largest absolute Gasteiger partial charge is 0.494 e. The van der Waals surface area contributed by atoms with Crippen LogP contribution in [0.15, 0.2) is 91.4 Å². The minimum absolute atomic E-state index is 0.0829. The average Bonchev–Trinajstić information content (AvgIpc) is 2.90. The number of ether oxygens (including phenoxy) is 1. The molecule has 2 amide bonds. The molecule has 0 unspecified atom stereocenters. The van der Waals surface area contributed by atoms with Gasteiger partial charge in [-0.25, -0.2) is 9.37 Å². The van der Waals surface area contributed by atoms with Crippen molar-refractivity contribution >= 4 is 23.2 Å². The molecule has 0 aliphatic carbocycles. The van der Waals surface area contributed by atoms with Crippen molar-refractivity contribution in [1.29, 1.82) is 0 Å². The average molecular weight is 485 g/mol. The topological polar surface area (TPSA) is 84.4 Å². The number of nitrogens with one attached hydrogen (secondary N) is 1. The molecule has 0 fully saturated rings. The van der Waals surface area contributed by atoms with Crippen LogP contribution in [0.25, 0.3) is 0 Å². The Balaban J connectivity index is 1.84. The highest BCUT2D eigenvalue weighted by atomic mass is 19.1. The van der Waals surface area contributed by atoms with E-state index in [0.29, 0.717) is 29.3 Å². The van der Waals surface area contributed by atoms with E-state index in [4.69, 9.17) is 4.74 Å². The number of aromatic nitrogens is 2. The Labute approximate surface area is 208 Å². The lowest BCUT2D eigenvalue weighted by Crippen LogP contribution is -2.42. The molecule has 1 aromatic heterocycles. The third-order valence-electron chi connectivity index (χ3n) is 5.53. The van der Waals surface area contributed by atoms with Crippen LogP contribution in [0, 0.1) is 12.7 Å². The molecule has 0 bridgehead atoms. The third-order valence-corrected chi connectivity index (χ3v) is 5.53. The maximum atomic E-state index is 13.8. The van der Waals surface area contributed by atoms with Gasteiger partial charge in [0.05, 0.1) is 12.8 Å². The number of amides is 2. The predicted molar refractivity (Wildman–Crippen MR) is 135 cm³/mol. The second-order valence-electron chi connectivity index (χ2n) is 7.95. The van der Waals surface area contributed by atoms with Gasteiger partial charge in [0.15, 0.2) is 0 Å². The van der Waals surface area contributed by atoms with Crippen molar-refractivity contribution in [3.8, 4) is 5.75 Å². The summed E-state index contributed by atoms with van der Waals surface area (Å²) in [6.07, 6.45) is 4.25. The summed E-state index contributed by atoms with van der Waals surface area (Å²) >= 11 is 0. The molecule has 0 radical (unpaired) electrons. The fraction of sp³-hybridized carbons (Fsp3) is 0.143. The first-order valence-electron chi connectivity index (χ1n) is 11.4. The van der Waals surface area contributed by atoms with Crippen LogP contribution < -0.4 is 15.0 Å². The first-order chi connectivity index (χ1) is 17.5. The fourth-order valence-electron chi connectivity index (χ4n) is 3.82. The first kappa shape index (κ1) is 24.5. The number of carbonyl (C=O) groups excluding carboxylic acids is 2. The maximum absolute atomic E-state index is 13.8. The summed E-state index contributed by atoms with van der Waals surface area (Å²) in [5.74, 6) is -0.759. The molecule has 0 aliphatic heterocycles. The second kappa shape index (κ2) is 11.2. The molecule has 1 heterocycles. The number of benzene rings is 3. The van der Waals surface area contributed by atoms with Gasteiger partial charge in [-0.1, -0.05) is 24.3 Å². The van der Waals surface area contributed by atoms with Crippen LogP contribution in [-0.2, 0) is 4.79 Å². The summed E-state index contributed by atoms with van der Waals surface area (Å²) in [7, 11) is 0. The quantitative estimate of drug-likeness (QED) is 0.365. The van der Waals surface area contributed by atoms with E-state index in [2.05, 4.69) is 15.3 Å². The van der Waals surface area contributed by atoms with Crippen molar-refractivity contribution in [3.63, 3.8) is 0 Å². The molecule has 0 saturated carbocycles. The smallest absolute Gasteiger partial charge is 0.279 e. The van der Waals surface area contributed by atoms with Crippen molar-refractivity contribution in [2.45, 2.75) is 19.9 Å². The molecule has 36 heavy (non-hydrogen) atoms. The monoisotopic (exact) mass is 484 g/mol. The van der Waals surface area contributed by atoms with E-state index in [-0.39, 0.29) is 5.69 Å². The number of nitrogens with zero attached hydrogens (tertiary/aromatic N) is 3. The van der Waals surface area contributed by atoms with E-state index in [0.717, 1.165) is 5.56 Å². The standard InChI is InChI=1S/C28H25FN4O3/c1-3-36-23-14-12-22(13-15-23)33(28(35)25-18-30-16-17-31-25)26(24-7-5-4-6-19(24)2)27(34)32-21-10-8-20(29)9-11-21/h4-18,26H,3H2,1-2H3,(H,32,34)/t26-/m1/s1. The molecule has 4 rings (SSSR count). The van der Waals surface area contributed by atoms with E-state index in [1.807, 2.05) is 32.0 Å². The van der Waals surface area contributed by atoms with Gasteiger partial charge in [0, 0.05) is 23.8 Å². The normalized spacial score (nSPS) is 11.4. The van der Waals surface area contributed by atoms with Crippen LogP contribution in [0.5, 0.6) is 5.75 Å². The molecule has 1 N–H and O–H groups in total. The number of rotatable bonds is 8. The summed E-state index contributed by atoms with van der Waals surface area (Å²) in [6.45, 7) is 4.25. The Morgan fingerprint density at radius 1 is 1.00 bits per heavy atom. The summed E-state index contributed by atoms with van der Waals surface area (Å²) in [6, 6.07) is 18.6. The Hall–Kier alpha value is -4.59. The molecule has 1 atom stereocenters. The second-order valence-corrected chi connectivity index (χ2v) is 7.95. The van der Waals surface area contributed by atoms with Crippen molar-refractivity contribution in [2.24, 2.45) is 0 Å². The molecule has 7 nitrogen and oxygen atoms in total. The van der Waals surface area contributed by atoms with Gasteiger partial charge < -0.3 is 10.1 Å². The maximum Gasteiger partial charge on any atom is 0.279 e. The SMILES string of the molecule is CCOc1ccc(N(C(=O)c2cnccn2)[C@@H](C(=O)Nc2ccc(F)cc2)c2ccccc2C)cc1. The highest BCUT2D eigenvalue weighted by Gasteiger charge is 2.35. The van der Waals surface area contributed by atoms with Crippen LogP contribution in [0.2, 0.25) is 0 Å². The van der Waals surface area contributed by atoms with Crippen molar-refractivity contribution < 1.29 is 18.7 Å². The van der Waals surface area contributed by atoms with Gasteiger partial charge >= 0.3 is 0 Å². The Morgan fingerprint density at radius 2 is 1.72 bits per heavy atom. The van der Waals surface area contributed by atoms with E-state index < -0.39 is 23.7 Å². The summed E-state index contributed by atoms with van der Waals surface area (Å²) in [4.78, 5) is 37.2. The van der Waals surface area contributed by atoms with E-state index in [9.17, 15) is 14.0 Å². The zero-order valence-electron chi connectivity index (χ0n) is 19.9. The van der Waals surface area contributed by atoms with Crippen molar-refractivity contribution in [1.82, 2.24) is 9.97 Å². The Bertz CT molecular complexity index is 1330. The van der Waals surface area contributed by atoms with Crippen LogP contribution in [0.3, 0.4) is 0 Å². The lowest BCUT2D eigenvalue weighted by Gasteiger charge is -2.32. The predicted octanol–water partition coefficient (Wildman–Crippen LogP) is 5.35. The van der Waals surface area contributed by atoms with Gasteiger partial charge in [-0.3, -0.25) is 19.5 Å². The Morgan fingerprint density at radius 3 is 2.36 bits per heavy atom. The highest BCUT2D eigenvalue weighted by Crippen LogP contribution is 2.33. The van der Waals surface area contributed by atoms with Crippen LogP contribution >= 0.6 is 0 Å². The molecule has 4 aromatic rings. The van der Waals surface area contributed by atoms with Gasteiger partial charge in [0.1, 0.15) is 23.3 Å². The first-order valence-corrected chi connectivity index (χ1v) is 11.4. The minimum Gasteiger partial charge on any atom is -0.494 e. The number of aryl methyl sites for hydroxylation is 1. The number of anilines is 2. The molecule has 182 valence electrons. The minimum atomic E-state index is -1.07. The summed E-state index contributed by atoms with van der Waals surface area (Å²) in [5, 5.41) is 2.82. The van der Waals surface area contributed by atoms with Crippen LogP contribution in [0.1, 0.15) is 34.6 Å². The summed E-state index contributed by atoms with van der Waals surface area (Å²) in [5.41, 5.74) is 2.40. The highest BCUT2D eigenvalue weighted by molar-refractivity contribution is 6.11. The van der Waals surface area contributed by atoms with E-state index in [1.165, 1.54) is 47.8 Å². The molecule has 3 aromatic carbocycles. The molecular weight excluding hydrogens is 459 g/mol. The van der Waals surface area contributed by atoms with Crippen LogP contribution in [-0.4, -0.2) is 28.4 Å². The number of hydrogen-bond donors (Lipinski definition) is 1. The van der Waals surface area contributed by atoms with Gasteiger partial charge in [0.25, 0.3) is 11.8 Å². The molecule has 0 saturated heterocycles. The molecule has 8 heteroatoms. The van der Waals surface area contributed by atoms with Gasteiger partial charge in [-0.15, -0.1) is 0 Å². The third kappa shape index (κ3) is 5.55. The number of carbonyl (C=O) groups is 2. The fourth-order valence-corrected chi connectivity index (χ4v) is 3.82. The number of hydrogen-bond acceptors (Lipinski definition) is 5. The number of halogens is 1. The van der Waals surface area contributed by atoms with Gasteiger partial charge in [-0.05, 0) is 73.5 Å².